The van der Waals surface area contributed by atoms with Gasteiger partial charge < -0.3 is 0 Å². The van der Waals surface area contributed by atoms with Crippen LogP contribution in [0.25, 0.3) is 0 Å². The first kappa shape index (κ1) is 41.6. The van der Waals surface area contributed by atoms with Crippen LogP contribution in [0.2, 0.25) is 0 Å². The fourth-order valence-electron chi connectivity index (χ4n) is 5.64. The molecule has 2 aliphatic carbocycles. The van der Waals surface area contributed by atoms with Gasteiger partial charge >= 0.3 is 0 Å². The molecule has 2 nitrogen and oxygen atoms in total. The normalized spacial score (nSPS) is 20.7. The number of rotatable bonds is 14. The molecule has 0 aliphatic heterocycles. The minimum atomic E-state index is 0.0422. The number of ketones is 2. The lowest BCUT2D eigenvalue weighted by molar-refractivity contribution is -0.117. The Morgan fingerprint density at radius 2 is 0.680 bits per heavy atom. The second-order valence-electron chi connectivity index (χ2n) is 15.4. The summed E-state index contributed by atoms with van der Waals surface area (Å²) in [7, 11) is 0. The molecule has 264 valence electrons. The molecule has 0 aromatic rings. The molecule has 0 atom stereocenters. The number of carbonyl (C=O) groups is 2. The Morgan fingerprint density at radius 3 is 0.960 bits per heavy atom. The van der Waals surface area contributed by atoms with E-state index in [4.69, 9.17) is 0 Å². The maximum absolute atomic E-state index is 12.0. The van der Waals surface area contributed by atoms with Crippen molar-refractivity contribution in [2.75, 3.05) is 0 Å². The van der Waals surface area contributed by atoms with Gasteiger partial charge in [-0.1, -0.05) is 183 Å². The van der Waals surface area contributed by atoms with E-state index >= 15 is 0 Å². The quantitative estimate of drug-likeness (QED) is 0.173. The van der Waals surface area contributed by atoms with E-state index in [1.807, 2.05) is 0 Å². The molecule has 2 rings (SSSR count). The van der Waals surface area contributed by atoms with Gasteiger partial charge in [-0.3, -0.25) is 9.59 Å². The molecular weight excluding hydrogens is 609 g/mol. The Labute approximate surface area is 304 Å². The number of hydrogen-bond acceptors (Lipinski definition) is 2. The summed E-state index contributed by atoms with van der Waals surface area (Å²) < 4.78 is 0. The predicted molar refractivity (Wildman–Crippen MR) is 219 cm³/mol. The summed E-state index contributed by atoms with van der Waals surface area (Å²) in [5.74, 6) is 0.443. The minimum absolute atomic E-state index is 0.0422. The van der Waals surface area contributed by atoms with Gasteiger partial charge in [0.25, 0.3) is 0 Å². The smallest absolute Gasteiger partial charge is 0.156 e. The molecule has 0 bridgehead atoms. The van der Waals surface area contributed by atoms with E-state index in [9.17, 15) is 9.59 Å². The molecule has 2 heteroatoms. The van der Waals surface area contributed by atoms with Crippen LogP contribution in [0.3, 0.4) is 0 Å². The first-order chi connectivity index (χ1) is 23.5. The molecule has 0 unspecified atom stereocenters. The van der Waals surface area contributed by atoms with Crippen molar-refractivity contribution >= 4 is 11.6 Å². The van der Waals surface area contributed by atoms with Gasteiger partial charge in [-0.05, 0) is 88.5 Å². The van der Waals surface area contributed by atoms with Gasteiger partial charge in [0.1, 0.15) is 0 Å². The Balaban J connectivity index is 1.81. The van der Waals surface area contributed by atoms with Crippen molar-refractivity contribution in [3.63, 3.8) is 0 Å². The highest BCUT2D eigenvalue weighted by Gasteiger charge is 2.27. The molecule has 50 heavy (non-hydrogen) atoms. The van der Waals surface area contributed by atoms with Gasteiger partial charge in [-0.15, -0.1) is 0 Å². The van der Waals surface area contributed by atoms with Crippen molar-refractivity contribution in [3.8, 4) is 0 Å². The van der Waals surface area contributed by atoms with Crippen molar-refractivity contribution in [3.05, 3.63) is 178 Å². The molecule has 0 heterocycles. The van der Waals surface area contributed by atoms with Crippen LogP contribution >= 0.6 is 0 Å². The van der Waals surface area contributed by atoms with E-state index in [0.29, 0.717) is 12.8 Å². The second kappa shape index (κ2) is 20.8. The van der Waals surface area contributed by atoms with Crippen LogP contribution in [0.5, 0.6) is 0 Å². The zero-order chi connectivity index (χ0) is 37.2. The Morgan fingerprint density at radius 1 is 0.420 bits per heavy atom. The summed E-state index contributed by atoms with van der Waals surface area (Å²) >= 11 is 0. The lowest BCUT2D eigenvalue weighted by Gasteiger charge is -2.27. The highest BCUT2D eigenvalue weighted by molar-refractivity contribution is 5.92. The topological polar surface area (TPSA) is 34.1 Å². The van der Waals surface area contributed by atoms with Crippen molar-refractivity contribution in [1.29, 1.82) is 0 Å². The van der Waals surface area contributed by atoms with Gasteiger partial charge in [0.2, 0.25) is 0 Å². The summed E-state index contributed by atoms with van der Waals surface area (Å²) in [6.45, 7) is 21.1. The van der Waals surface area contributed by atoms with E-state index in [2.05, 4.69) is 191 Å². The van der Waals surface area contributed by atoms with Crippen molar-refractivity contribution in [1.82, 2.24) is 0 Å². The fourth-order valence-corrected chi connectivity index (χ4v) is 5.64. The molecule has 0 saturated carbocycles. The minimum Gasteiger partial charge on any atom is -0.295 e. The van der Waals surface area contributed by atoms with Gasteiger partial charge in [-0.2, -0.15) is 0 Å². The first-order valence-corrected chi connectivity index (χ1v) is 17.8. The Bertz CT molecular complexity index is 1570. The summed E-state index contributed by atoms with van der Waals surface area (Å²) in [6, 6.07) is 0. The SMILES string of the molecule is CC(/C=C/C=C(C)/C=C/C=C(C)/C=C/C1=CC(=O)CC(C)(C)C1)=C\C=C\C=C(C)\C=C\C=C(C)\C=C\C=C(C)\C=C\C1=CC(=O)CC(C)(C)C1. The summed E-state index contributed by atoms with van der Waals surface area (Å²) in [5, 5.41) is 0. The number of hydrogen-bond donors (Lipinski definition) is 0. The van der Waals surface area contributed by atoms with Gasteiger partial charge in [0.05, 0.1) is 0 Å². The van der Waals surface area contributed by atoms with Crippen LogP contribution in [-0.2, 0) is 9.59 Å². The zero-order valence-corrected chi connectivity index (χ0v) is 32.3. The van der Waals surface area contributed by atoms with Crippen LogP contribution in [0.1, 0.15) is 94.9 Å². The monoisotopic (exact) mass is 668 g/mol. The molecule has 2 aliphatic rings. The van der Waals surface area contributed by atoms with Crippen LogP contribution in [0, 0.1) is 10.8 Å². The first-order valence-electron chi connectivity index (χ1n) is 17.8. The zero-order valence-electron chi connectivity index (χ0n) is 32.3. The van der Waals surface area contributed by atoms with Gasteiger partial charge in [0, 0.05) is 12.8 Å². The van der Waals surface area contributed by atoms with Crippen LogP contribution < -0.4 is 0 Å². The lowest BCUT2D eigenvalue weighted by Crippen LogP contribution is -2.21. The maximum atomic E-state index is 12.0. The summed E-state index contributed by atoms with van der Waals surface area (Å²) in [4.78, 5) is 23.9. The molecule has 0 fully saturated rings. The third kappa shape index (κ3) is 18.8. The van der Waals surface area contributed by atoms with Crippen LogP contribution in [0.15, 0.2) is 178 Å². The molecule has 0 amide bonds. The molecule has 0 spiro atoms. The average Bonchev–Trinajstić information content (AvgIpc) is 2.99. The Hall–Kier alpha value is -4.56. The number of allylic oxidation sites excluding steroid dienone is 30. The standard InChI is InChI=1S/C48H60O2/c1-37(19-13-21-39(3)23-15-25-41(5)27-29-43-31-45(49)35-47(7,8)33-43)17-11-12-18-38(2)20-14-22-40(4)24-16-26-42(6)28-30-44-32-46(50)36-48(9,10)34-44/h11-32H,33-36H2,1-10H3/b12-11+,19-13+,20-14+,23-15+,24-16+,29-27+,30-28+,37-17+,38-18+,39-21+,40-22+,41-25+,42-26+. The lowest BCUT2D eigenvalue weighted by atomic mass is 9.77. The van der Waals surface area contributed by atoms with Crippen molar-refractivity contribution in [2.45, 2.75) is 94.9 Å². The largest absolute Gasteiger partial charge is 0.295 e. The molecule has 0 saturated heterocycles. The molecular formula is C48H60O2. The highest BCUT2D eigenvalue weighted by atomic mass is 16.1. The number of carbonyl (C=O) groups excluding carboxylic acids is 2. The van der Waals surface area contributed by atoms with Crippen LogP contribution in [0.4, 0.5) is 0 Å². The van der Waals surface area contributed by atoms with E-state index < -0.39 is 0 Å². The van der Waals surface area contributed by atoms with E-state index in [1.54, 1.807) is 12.2 Å². The van der Waals surface area contributed by atoms with Crippen molar-refractivity contribution in [2.24, 2.45) is 10.8 Å². The second-order valence-corrected chi connectivity index (χ2v) is 15.4. The molecule has 0 aromatic heterocycles. The van der Waals surface area contributed by atoms with Crippen LogP contribution in [-0.4, -0.2) is 11.6 Å². The average molecular weight is 669 g/mol. The van der Waals surface area contributed by atoms with Gasteiger partial charge in [0.15, 0.2) is 11.6 Å². The summed E-state index contributed by atoms with van der Waals surface area (Å²) in [5.41, 5.74) is 9.27. The summed E-state index contributed by atoms with van der Waals surface area (Å²) in [6.07, 6.45) is 48.4. The van der Waals surface area contributed by atoms with E-state index in [0.717, 1.165) is 35.1 Å². The predicted octanol–water partition coefficient (Wildman–Crippen LogP) is 13.2. The van der Waals surface area contributed by atoms with E-state index in [-0.39, 0.29) is 22.4 Å². The molecule has 0 radical (unpaired) electrons. The Kier molecular flexibility index (Phi) is 17.3. The fraction of sp³-hybridized carbons (Fsp3) is 0.333. The van der Waals surface area contributed by atoms with Gasteiger partial charge in [-0.25, -0.2) is 0 Å². The molecule has 0 N–H and O–H groups in total. The molecule has 0 aromatic carbocycles. The van der Waals surface area contributed by atoms with Crippen molar-refractivity contribution < 1.29 is 9.59 Å². The maximum Gasteiger partial charge on any atom is 0.156 e. The third-order valence-corrected chi connectivity index (χ3v) is 8.19. The third-order valence-electron chi connectivity index (χ3n) is 8.19. The van der Waals surface area contributed by atoms with E-state index in [1.165, 1.54) is 22.3 Å². The highest BCUT2D eigenvalue weighted by Crippen LogP contribution is 2.35.